The van der Waals surface area contributed by atoms with Crippen LogP contribution in [0.15, 0.2) is 10.6 Å². The van der Waals surface area contributed by atoms with E-state index in [1.807, 2.05) is 0 Å². The molecule has 0 aromatic carbocycles. The van der Waals surface area contributed by atoms with Gasteiger partial charge in [-0.3, -0.25) is 4.79 Å². The first kappa shape index (κ1) is 12.8. The van der Waals surface area contributed by atoms with Gasteiger partial charge in [0.05, 0.1) is 11.3 Å². The lowest BCUT2D eigenvalue weighted by Crippen LogP contribution is -2.22. The van der Waals surface area contributed by atoms with Gasteiger partial charge in [0, 0.05) is 17.5 Å². The predicted octanol–water partition coefficient (Wildman–Crippen LogP) is 1.81. The van der Waals surface area contributed by atoms with Crippen LogP contribution in [0.1, 0.15) is 32.3 Å². The van der Waals surface area contributed by atoms with Gasteiger partial charge in [0.15, 0.2) is 0 Å². The van der Waals surface area contributed by atoms with E-state index in [1.54, 1.807) is 13.0 Å². The number of nitrogens with one attached hydrogen (secondary N) is 2. The van der Waals surface area contributed by atoms with Crippen molar-refractivity contribution in [3.8, 4) is 6.07 Å². The van der Waals surface area contributed by atoms with Crippen molar-refractivity contribution in [3.05, 3.63) is 33.5 Å². The highest BCUT2D eigenvalue weighted by Crippen LogP contribution is 2.35. The number of nitriles is 1. The Morgan fingerprint density at radius 2 is 2.50 bits per heavy atom. The number of rotatable bonds is 2. The third-order valence-corrected chi connectivity index (χ3v) is 4.27. The number of hydrogen-bond acceptors (Lipinski definition) is 6. The van der Waals surface area contributed by atoms with Gasteiger partial charge >= 0.3 is 0 Å². The van der Waals surface area contributed by atoms with E-state index >= 15 is 0 Å². The van der Waals surface area contributed by atoms with Crippen LogP contribution in [0.25, 0.3) is 0 Å². The summed E-state index contributed by atoms with van der Waals surface area (Å²) in [7, 11) is 0. The minimum absolute atomic E-state index is 0.149. The topological polar surface area (TPSA) is 91.0 Å². The number of anilines is 1. The number of nitrogens with zero attached hydrogens (tertiary/aromatic N) is 2. The van der Waals surface area contributed by atoms with Crippen molar-refractivity contribution in [2.45, 2.75) is 19.9 Å². The molecule has 20 heavy (non-hydrogen) atoms. The molecule has 102 valence electrons. The Kier molecular flexibility index (Phi) is 3.26. The average Bonchev–Trinajstić information content (AvgIpc) is 3.01. The van der Waals surface area contributed by atoms with Crippen molar-refractivity contribution < 1.29 is 9.32 Å². The molecule has 0 unspecified atom stereocenters. The van der Waals surface area contributed by atoms with Crippen LogP contribution < -0.4 is 10.6 Å². The van der Waals surface area contributed by atoms with Crippen LogP contribution in [0, 0.1) is 18.3 Å². The molecule has 2 aromatic heterocycles. The fraction of sp³-hybridized carbons (Fsp3) is 0.308. The molecule has 0 atom stereocenters. The highest BCUT2D eigenvalue weighted by Gasteiger charge is 2.22. The molecule has 6 nitrogen and oxygen atoms in total. The highest BCUT2D eigenvalue weighted by atomic mass is 32.1. The number of carbonyl (C=O) groups is 1. The Morgan fingerprint density at radius 1 is 1.65 bits per heavy atom. The zero-order valence-electron chi connectivity index (χ0n) is 10.8. The van der Waals surface area contributed by atoms with Gasteiger partial charge in [-0.25, -0.2) is 0 Å². The average molecular weight is 288 g/mol. The molecular formula is C13H12N4O2S. The van der Waals surface area contributed by atoms with Crippen molar-refractivity contribution >= 4 is 22.2 Å². The van der Waals surface area contributed by atoms with E-state index in [4.69, 9.17) is 4.52 Å². The third-order valence-electron chi connectivity index (χ3n) is 3.12. The zero-order valence-corrected chi connectivity index (χ0v) is 11.6. The molecule has 2 N–H and O–H groups in total. The molecule has 1 aliphatic rings. The van der Waals surface area contributed by atoms with Crippen LogP contribution in [0.4, 0.5) is 5.00 Å². The fourth-order valence-electron chi connectivity index (χ4n) is 2.18. The summed E-state index contributed by atoms with van der Waals surface area (Å²) in [6.45, 7) is 3.34. The quantitative estimate of drug-likeness (QED) is 0.879. The van der Waals surface area contributed by atoms with E-state index in [0.29, 0.717) is 16.3 Å². The second-order valence-electron chi connectivity index (χ2n) is 4.53. The second kappa shape index (κ2) is 5.07. The van der Waals surface area contributed by atoms with Gasteiger partial charge in [0.25, 0.3) is 5.91 Å². The van der Waals surface area contributed by atoms with E-state index in [-0.39, 0.29) is 11.7 Å². The summed E-state index contributed by atoms with van der Waals surface area (Å²) < 4.78 is 4.92. The molecular weight excluding hydrogens is 276 g/mol. The van der Waals surface area contributed by atoms with Gasteiger partial charge < -0.3 is 15.2 Å². The smallest absolute Gasteiger partial charge is 0.294 e. The van der Waals surface area contributed by atoms with Gasteiger partial charge in [-0.05, 0) is 25.5 Å². The van der Waals surface area contributed by atoms with Gasteiger partial charge in [0.1, 0.15) is 11.1 Å². The van der Waals surface area contributed by atoms with Crippen molar-refractivity contribution in [3.63, 3.8) is 0 Å². The number of fused-ring (bicyclic) bond motifs is 1. The second-order valence-corrected chi connectivity index (χ2v) is 5.64. The Labute approximate surface area is 119 Å². The van der Waals surface area contributed by atoms with E-state index in [2.05, 4.69) is 21.9 Å². The van der Waals surface area contributed by atoms with E-state index in [1.165, 1.54) is 11.3 Å². The molecule has 1 amide bonds. The summed E-state index contributed by atoms with van der Waals surface area (Å²) in [5.74, 6) is -0.232. The number of amides is 1. The van der Waals surface area contributed by atoms with Crippen LogP contribution in [0.2, 0.25) is 0 Å². The lowest BCUT2D eigenvalue weighted by Gasteiger charge is -2.11. The summed E-state index contributed by atoms with van der Waals surface area (Å²) in [5, 5.41) is 19.6. The normalized spacial score (nSPS) is 13.6. The maximum Gasteiger partial charge on any atom is 0.294 e. The van der Waals surface area contributed by atoms with Crippen LogP contribution in [0.5, 0.6) is 0 Å². The Morgan fingerprint density at radius 3 is 3.20 bits per heavy atom. The van der Waals surface area contributed by atoms with Crippen molar-refractivity contribution in [2.75, 3.05) is 11.9 Å². The fourth-order valence-corrected chi connectivity index (χ4v) is 3.34. The number of aromatic nitrogens is 1. The van der Waals surface area contributed by atoms with Gasteiger partial charge in [-0.1, -0.05) is 5.16 Å². The zero-order chi connectivity index (χ0) is 14.1. The summed E-state index contributed by atoms with van der Waals surface area (Å²) >= 11 is 1.44. The largest absolute Gasteiger partial charge is 0.351 e. The number of thiophene rings is 1. The summed E-state index contributed by atoms with van der Waals surface area (Å²) in [5.41, 5.74) is 2.25. The van der Waals surface area contributed by atoms with Crippen LogP contribution in [-0.4, -0.2) is 17.6 Å². The third kappa shape index (κ3) is 2.19. The van der Waals surface area contributed by atoms with Gasteiger partial charge in [-0.15, -0.1) is 11.3 Å². The van der Waals surface area contributed by atoms with E-state index in [9.17, 15) is 10.1 Å². The molecule has 1 aliphatic heterocycles. The molecule has 3 heterocycles. The first-order valence-corrected chi connectivity index (χ1v) is 7.00. The molecule has 0 saturated carbocycles. The number of aryl methyl sites for hydroxylation is 1. The molecule has 0 bridgehead atoms. The molecule has 7 heteroatoms. The predicted molar refractivity (Wildman–Crippen MR) is 73.6 cm³/mol. The molecule has 0 aliphatic carbocycles. The summed E-state index contributed by atoms with van der Waals surface area (Å²) in [4.78, 5) is 13.2. The van der Waals surface area contributed by atoms with Gasteiger partial charge in [0.2, 0.25) is 5.76 Å². The minimum Gasteiger partial charge on any atom is -0.351 e. The molecule has 2 aromatic rings. The molecule has 3 rings (SSSR count). The lowest BCUT2D eigenvalue weighted by atomic mass is 10.1. The van der Waals surface area contributed by atoms with Crippen molar-refractivity contribution in [1.82, 2.24) is 10.5 Å². The summed E-state index contributed by atoms with van der Waals surface area (Å²) in [6.07, 6.45) is 0.812. The standard InChI is InChI=1S/C13H12N4O2S/c1-7-4-10(19-17-7)12(18)16-13-9(5-14)8-2-3-15-6-11(8)20-13/h4,15H,2-3,6H2,1H3,(H,16,18). The first-order chi connectivity index (χ1) is 9.69. The Hall–Kier alpha value is -2.17. The SMILES string of the molecule is Cc1cc(C(=O)Nc2sc3c(c2C#N)CCNC3)on1. The monoisotopic (exact) mass is 288 g/mol. The van der Waals surface area contributed by atoms with Crippen LogP contribution in [0.3, 0.4) is 0 Å². The summed E-state index contributed by atoms with van der Waals surface area (Å²) in [6, 6.07) is 3.75. The molecule has 0 saturated heterocycles. The maximum absolute atomic E-state index is 12.0. The highest BCUT2D eigenvalue weighted by molar-refractivity contribution is 7.16. The molecule has 0 fully saturated rings. The Bertz CT molecular complexity index is 711. The van der Waals surface area contributed by atoms with E-state index in [0.717, 1.165) is 30.0 Å². The Balaban J connectivity index is 1.89. The lowest BCUT2D eigenvalue weighted by molar-refractivity contribution is 0.0988. The molecule has 0 radical (unpaired) electrons. The number of carbonyl (C=O) groups excluding carboxylic acids is 1. The van der Waals surface area contributed by atoms with Crippen molar-refractivity contribution in [2.24, 2.45) is 0 Å². The number of hydrogen-bond donors (Lipinski definition) is 2. The minimum atomic E-state index is -0.381. The van der Waals surface area contributed by atoms with Gasteiger partial charge in [-0.2, -0.15) is 5.26 Å². The molecule has 0 spiro atoms. The van der Waals surface area contributed by atoms with E-state index < -0.39 is 0 Å². The maximum atomic E-state index is 12.0. The van der Waals surface area contributed by atoms with Crippen LogP contribution >= 0.6 is 11.3 Å². The van der Waals surface area contributed by atoms with Crippen molar-refractivity contribution in [1.29, 1.82) is 5.26 Å². The first-order valence-electron chi connectivity index (χ1n) is 6.19. The van der Waals surface area contributed by atoms with Crippen LogP contribution in [-0.2, 0) is 13.0 Å².